The van der Waals surface area contributed by atoms with Gasteiger partial charge in [0.15, 0.2) is 5.82 Å². The second-order valence-electron chi connectivity index (χ2n) is 5.75. The maximum Gasteiger partial charge on any atom is 0.150 e. The number of nitrogens with two attached hydrogens (primary N) is 2. The first kappa shape index (κ1) is 13.9. The van der Waals surface area contributed by atoms with Crippen molar-refractivity contribution in [2.45, 2.75) is 33.1 Å². The smallest absolute Gasteiger partial charge is 0.150 e. The average Bonchev–Trinajstić information content (AvgIpc) is 2.60. The summed E-state index contributed by atoms with van der Waals surface area (Å²) in [5.74, 6) is 7.27. The topological polar surface area (TPSA) is 69.9 Å². The number of hydrogen-bond donors (Lipinski definition) is 2. The highest BCUT2D eigenvalue weighted by molar-refractivity contribution is 9.10. The zero-order valence-electron chi connectivity index (χ0n) is 11.7. The Morgan fingerprint density at radius 2 is 1.89 bits per heavy atom. The monoisotopic (exact) mass is 322 g/mol. The van der Waals surface area contributed by atoms with Crippen molar-refractivity contribution in [3.8, 4) is 11.3 Å². The summed E-state index contributed by atoms with van der Waals surface area (Å²) in [4.78, 5) is 4.61. The minimum Gasteiger partial charge on any atom is -0.382 e. The molecular weight excluding hydrogens is 304 g/mol. The standard InChI is InChI=1S/C14H19BrN4/c1-8-5-6-9(7-10(8)15)11-12(16)19(17)13(18-11)14(2,3)4/h5-7H,16-17H2,1-4H3. The fraction of sp³-hybridized carbons (Fsp3) is 0.357. The molecule has 1 heterocycles. The Morgan fingerprint density at radius 3 is 2.37 bits per heavy atom. The highest BCUT2D eigenvalue weighted by atomic mass is 79.9. The van der Waals surface area contributed by atoms with Crippen LogP contribution in [-0.4, -0.2) is 9.66 Å². The molecule has 0 radical (unpaired) electrons. The van der Waals surface area contributed by atoms with E-state index in [4.69, 9.17) is 11.6 Å². The van der Waals surface area contributed by atoms with Crippen molar-refractivity contribution >= 4 is 21.7 Å². The SMILES string of the molecule is Cc1ccc(-c2nc(C(C)(C)C)n(N)c2N)cc1Br. The Balaban J connectivity index is 2.60. The van der Waals surface area contributed by atoms with Crippen LogP contribution >= 0.6 is 15.9 Å². The van der Waals surface area contributed by atoms with Gasteiger partial charge in [0, 0.05) is 15.5 Å². The van der Waals surface area contributed by atoms with E-state index in [2.05, 4.69) is 41.7 Å². The van der Waals surface area contributed by atoms with Crippen molar-refractivity contribution in [2.24, 2.45) is 0 Å². The molecule has 0 aliphatic carbocycles. The van der Waals surface area contributed by atoms with Crippen molar-refractivity contribution in [1.29, 1.82) is 0 Å². The summed E-state index contributed by atoms with van der Waals surface area (Å²) < 4.78 is 2.51. The van der Waals surface area contributed by atoms with E-state index in [0.29, 0.717) is 5.82 Å². The number of hydrogen-bond acceptors (Lipinski definition) is 3. The lowest BCUT2D eigenvalue weighted by Crippen LogP contribution is -2.24. The normalized spacial score (nSPS) is 11.8. The number of imidazole rings is 1. The third-order valence-electron chi connectivity index (χ3n) is 3.06. The molecule has 0 aliphatic rings. The van der Waals surface area contributed by atoms with Gasteiger partial charge < -0.3 is 11.6 Å². The van der Waals surface area contributed by atoms with Gasteiger partial charge in [0.25, 0.3) is 0 Å². The first-order chi connectivity index (χ1) is 8.71. The Morgan fingerprint density at radius 1 is 1.26 bits per heavy atom. The van der Waals surface area contributed by atoms with Gasteiger partial charge in [-0.05, 0) is 18.6 Å². The van der Waals surface area contributed by atoms with Crippen molar-refractivity contribution in [3.05, 3.63) is 34.1 Å². The van der Waals surface area contributed by atoms with Gasteiger partial charge >= 0.3 is 0 Å². The van der Waals surface area contributed by atoms with E-state index >= 15 is 0 Å². The third-order valence-corrected chi connectivity index (χ3v) is 3.92. The number of halogens is 1. The number of aryl methyl sites for hydroxylation is 1. The molecule has 0 saturated carbocycles. The van der Waals surface area contributed by atoms with Crippen LogP contribution < -0.4 is 11.6 Å². The molecule has 102 valence electrons. The quantitative estimate of drug-likeness (QED) is 0.792. The second kappa shape index (κ2) is 4.56. The first-order valence-electron chi connectivity index (χ1n) is 6.12. The minimum absolute atomic E-state index is 0.150. The van der Waals surface area contributed by atoms with Crippen molar-refractivity contribution in [1.82, 2.24) is 9.66 Å². The molecular formula is C14H19BrN4. The Hall–Kier alpha value is -1.49. The highest BCUT2D eigenvalue weighted by Gasteiger charge is 2.24. The molecule has 0 atom stereocenters. The molecule has 4 N–H and O–H groups in total. The summed E-state index contributed by atoms with van der Waals surface area (Å²) in [6, 6.07) is 6.05. The maximum atomic E-state index is 6.08. The van der Waals surface area contributed by atoms with Crippen molar-refractivity contribution < 1.29 is 0 Å². The van der Waals surface area contributed by atoms with E-state index in [1.165, 1.54) is 10.2 Å². The number of anilines is 1. The Kier molecular flexibility index (Phi) is 3.34. The van der Waals surface area contributed by atoms with Gasteiger partial charge in [-0.3, -0.25) is 0 Å². The number of nitrogen functional groups attached to an aromatic ring is 2. The van der Waals surface area contributed by atoms with Crippen LogP contribution in [0.5, 0.6) is 0 Å². The van der Waals surface area contributed by atoms with Crippen LogP contribution in [0.1, 0.15) is 32.2 Å². The summed E-state index contributed by atoms with van der Waals surface area (Å²) >= 11 is 3.53. The summed E-state index contributed by atoms with van der Waals surface area (Å²) in [5.41, 5.74) is 8.79. The fourth-order valence-corrected chi connectivity index (χ4v) is 2.31. The predicted octanol–water partition coefficient (Wildman–Crippen LogP) is 3.21. The molecule has 0 spiro atoms. The van der Waals surface area contributed by atoms with Gasteiger partial charge in [-0.1, -0.05) is 48.8 Å². The lowest BCUT2D eigenvalue weighted by atomic mass is 9.96. The number of aromatic nitrogens is 2. The molecule has 2 rings (SSSR count). The van der Waals surface area contributed by atoms with Gasteiger partial charge in [0.1, 0.15) is 11.5 Å². The molecule has 0 aliphatic heterocycles. The van der Waals surface area contributed by atoms with Gasteiger partial charge in [-0.25, -0.2) is 9.66 Å². The maximum absolute atomic E-state index is 6.08. The minimum atomic E-state index is -0.150. The summed E-state index contributed by atoms with van der Waals surface area (Å²) in [6.45, 7) is 8.23. The van der Waals surface area contributed by atoms with Crippen molar-refractivity contribution in [3.63, 3.8) is 0 Å². The molecule has 19 heavy (non-hydrogen) atoms. The Bertz CT molecular complexity index is 623. The molecule has 0 fully saturated rings. The molecule has 0 unspecified atom stereocenters. The zero-order valence-corrected chi connectivity index (χ0v) is 13.2. The molecule has 2 aromatic rings. The van der Waals surface area contributed by atoms with Gasteiger partial charge in [-0.15, -0.1) is 0 Å². The van der Waals surface area contributed by atoms with E-state index in [1.807, 2.05) is 25.1 Å². The van der Waals surface area contributed by atoms with Crippen molar-refractivity contribution in [2.75, 3.05) is 11.6 Å². The lowest BCUT2D eigenvalue weighted by Gasteiger charge is -2.17. The van der Waals surface area contributed by atoms with E-state index in [1.54, 1.807) is 0 Å². The summed E-state index contributed by atoms with van der Waals surface area (Å²) in [5, 5.41) is 0. The largest absolute Gasteiger partial charge is 0.382 e. The third kappa shape index (κ3) is 2.47. The second-order valence-corrected chi connectivity index (χ2v) is 6.61. The molecule has 0 saturated heterocycles. The van der Waals surface area contributed by atoms with E-state index < -0.39 is 0 Å². The van der Waals surface area contributed by atoms with Crippen LogP contribution in [0.4, 0.5) is 5.82 Å². The van der Waals surface area contributed by atoms with Gasteiger partial charge in [0.05, 0.1) is 0 Å². The summed E-state index contributed by atoms with van der Waals surface area (Å²) in [6.07, 6.45) is 0. The molecule has 1 aromatic heterocycles. The Labute approximate surface area is 121 Å². The lowest BCUT2D eigenvalue weighted by molar-refractivity contribution is 0.532. The number of rotatable bonds is 1. The van der Waals surface area contributed by atoms with Crippen LogP contribution in [0.15, 0.2) is 22.7 Å². The molecule has 1 aromatic carbocycles. The molecule has 0 bridgehead atoms. The van der Waals surface area contributed by atoms with E-state index in [0.717, 1.165) is 21.6 Å². The zero-order chi connectivity index (χ0) is 14.4. The average molecular weight is 323 g/mol. The van der Waals surface area contributed by atoms with Crippen LogP contribution in [0.25, 0.3) is 11.3 Å². The predicted molar refractivity (Wildman–Crippen MR) is 83.4 cm³/mol. The van der Waals surface area contributed by atoms with E-state index in [9.17, 15) is 0 Å². The molecule has 0 amide bonds. The van der Waals surface area contributed by atoms with Crippen LogP contribution in [0.2, 0.25) is 0 Å². The van der Waals surface area contributed by atoms with E-state index in [-0.39, 0.29) is 5.41 Å². The van der Waals surface area contributed by atoms with Gasteiger partial charge in [-0.2, -0.15) is 0 Å². The highest BCUT2D eigenvalue weighted by Crippen LogP contribution is 2.32. The number of nitrogens with zero attached hydrogens (tertiary/aromatic N) is 2. The van der Waals surface area contributed by atoms with Crippen LogP contribution in [0.3, 0.4) is 0 Å². The fourth-order valence-electron chi connectivity index (χ4n) is 1.93. The molecule has 5 heteroatoms. The van der Waals surface area contributed by atoms with Crippen LogP contribution in [-0.2, 0) is 5.41 Å². The van der Waals surface area contributed by atoms with Crippen LogP contribution in [0, 0.1) is 6.92 Å². The first-order valence-corrected chi connectivity index (χ1v) is 6.91. The number of benzene rings is 1. The summed E-state index contributed by atoms with van der Waals surface area (Å²) in [7, 11) is 0. The van der Waals surface area contributed by atoms with Gasteiger partial charge in [0.2, 0.25) is 0 Å². The molecule has 4 nitrogen and oxygen atoms in total.